The van der Waals surface area contributed by atoms with E-state index < -0.39 is 5.41 Å². The van der Waals surface area contributed by atoms with Gasteiger partial charge in [0.25, 0.3) is 0 Å². The van der Waals surface area contributed by atoms with Crippen molar-refractivity contribution in [3.8, 4) is 33.9 Å². The highest BCUT2D eigenvalue weighted by molar-refractivity contribution is 7.99. The molecule has 1 aliphatic heterocycles. The largest absolute Gasteiger partial charge is 0.457 e. The van der Waals surface area contributed by atoms with E-state index in [1.807, 2.05) is 36.3 Å². The second kappa shape index (κ2) is 12.7. The molecule has 0 atom stereocenters. The highest BCUT2D eigenvalue weighted by atomic mass is 32.2. The molecule has 0 aliphatic carbocycles. The van der Waals surface area contributed by atoms with E-state index in [9.17, 15) is 0 Å². The quantitative estimate of drug-likeness (QED) is 0.176. The van der Waals surface area contributed by atoms with Crippen LogP contribution < -0.4 is 4.74 Å². The molecule has 244 valence electrons. The van der Waals surface area contributed by atoms with Crippen LogP contribution in [0.5, 0.6) is 11.5 Å². The number of fused-ring (bicyclic) bond motifs is 3. The van der Waals surface area contributed by atoms with Crippen molar-refractivity contribution in [1.82, 2.24) is 9.97 Å². The minimum Gasteiger partial charge on any atom is -0.457 e. The standard InChI is InChI=1S/C47H34N2OS/c1-31-13-11-14-32(2)45(31)34-27-35(46-39-18-4-3-15-33(39)24-26-49-46)29-38(28-34)50-37-17-12-16-36(30-37)47(44-23-9-10-25-48-44)40-19-5-7-21-42(40)51-43-22-8-6-20-41(43)47/h3-30H,1-2H3. The summed E-state index contributed by atoms with van der Waals surface area (Å²) in [6.45, 7) is 4.34. The number of benzene rings is 6. The third-order valence-electron chi connectivity index (χ3n) is 9.98. The lowest BCUT2D eigenvalue weighted by Gasteiger charge is -2.40. The van der Waals surface area contributed by atoms with Crippen molar-refractivity contribution < 1.29 is 4.74 Å². The summed E-state index contributed by atoms with van der Waals surface area (Å²) in [5.74, 6) is 1.51. The van der Waals surface area contributed by atoms with Crippen LogP contribution in [0.1, 0.15) is 33.5 Å². The average Bonchev–Trinajstić information content (AvgIpc) is 3.17. The third kappa shape index (κ3) is 5.31. The summed E-state index contributed by atoms with van der Waals surface area (Å²) in [6, 6.07) is 55.7. The van der Waals surface area contributed by atoms with Gasteiger partial charge < -0.3 is 4.74 Å². The lowest BCUT2D eigenvalue weighted by atomic mass is 9.66. The van der Waals surface area contributed by atoms with Crippen molar-refractivity contribution in [3.05, 3.63) is 204 Å². The van der Waals surface area contributed by atoms with E-state index in [0.717, 1.165) is 50.3 Å². The van der Waals surface area contributed by atoms with Crippen molar-refractivity contribution >= 4 is 22.5 Å². The van der Waals surface area contributed by atoms with Crippen molar-refractivity contribution in [3.63, 3.8) is 0 Å². The molecule has 51 heavy (non-hydrogen) atoms. The summed E-state index contributed by atoms with van der Waals surface area (Å²) in [5.41, 5.74) is 10.5. The molecule has 1 aliphatic rings. The van der Waals surface area contributed by atoms with Gasteiger partial charge in [0.05, 0.1) is 16.8 Å². The molecule has 0 saturated carbocycles. The molecule has 0 amide bonds. The Bertz CT molecular complexity index is 2510. The molecule has 9 rings (SSSR count). The third-order valence-corrected chi connectivity index (χ3v) is 11.1. The van der Waals surface area contributed by atoms with Crippen LogP contribution in [0.4, 0.5) is 0 Å². The van der Waals surface area contributed by atoms with Crippen LogP contribution in [0, 0.1) is 13.8 Å². The summed E-state index contributed by atoms with van der Waals surface area (Å²) in [5, 5.41) is 2.26. The number of pyridine rings is 2. The maximum Gasteiger partial charge on any atom is 0.128 e. The summed E-state index contributed by atoms with van der Waals surface area (Å²) in [6.07, 6.45) is 3.79. The Morgan fingerprint density at radius 3 is 1.98 bits per heavy atom. The minimum atomic E-state index is -0.642. The molecule has 6 aromatic carbocycles. The van der Waals surface area contributed by atoms with Crippen molar-refractivity contribution in [1.29, 1.82) is 0 Å². The SMILES string of the molecule is Cc1cccc(C)c1-c1cc(Oc2cccc(C3(c4ccccn4)c4ccccc4Sc4ccccc43)c2)cc(-c2nccc3ccccc23)c1. The lowest BCUT2D eigenvalue weighted by molar-refractivity contribution is 0.481. The number of ether oxygens (including phenoxy) is 1. The van der Waals surface area contributed by atoms with Gasteiger partial charge in [-0.05, 0) is 119 Å². The van der Waals surface area contributed by atoms with Crippen LogP contribution in [0.15, 0.2) is 180 Å². The molecule has 0 unspecified atom stereocenters. The van der Waals surface area contributed by atoms with Crippen LogP contribution in [0.3, 0.4) is 0 Å². The minimum absolute atomic E-state index is 0.642. The smallest absolute Gasteiger partial charge is 0.128 e. The fraction of sp³-hybridized carbons (Fsp3) is 0.0638. The van der Waals surface area contributed by atoms with E-state index in [4.69, 9.17) is 14.7 Å². The summed E-state index contributed by atoms with van der Waals surface area (Å²) < 4.78 is 6.93. The predicted molar refractivity (Wildman–Crippen MR) is 209 cm³/mol. The first-order valence-corrected chi connectivity index (χ1v) is 18.0. The van der Waals surface area contributed by atoms with E-state index in [1.165, 1.54) is 37.6 Å². The van der Waals surface area contributed by atoms with Crippen molar-refractivity contribution in [2.75, 3.05) is 0 Å². The molecular weight excluding hydrogens is 641 g/mol. The second-order valence-corrected chi connectivity index (χ2v) is 14.2. The van der Waals surface area contributed by atoms with E-state index in [1.54, 1.807) is 0 Å². The summed E-state index contributed by atoms with van der Waals surface area (Å²) in [7, 11) is 0. The zero-order chi connectivity index (χ0) is 34.4. The van der Waals surface area contributed by atoms with Gasteiger partial charge in [-0.15, -0.1) is 0 Å². The van der Waals surface area contributed by atoms with Gasteiger partial charge in [-0.3, -0.25) is 9.97 Å². The Morgan fingerprint density at radius 1 is 0.529 bits per heavy atom. The number of hydrogen-bond acceptors (Lipinski definition) is 4. The molecule has 3 heterocycles. The Hall–Kier alpha value is -5.97. The molecule has 0 spiro atoms. The van der Waals surface area contributed by atoms with Gasteiger partial charge in [-0.25, -0.2) is 0 Å². The average molecular weight is 675 g/mol. The molecular formula is C47H34N2OS. The first-order valence-electron chi connectivity index (χ1n) is 17.2. The van der Waals surface area contributed by atoms with Gasteiger partial charge in [-0.1, -0.05) is 109 Å². The Balaban J connectivity index is 1.24. The van der Waals surface area contributed by atoms with Crippen molar-refractivity contribution in [2.24, 2.45) is 0 Å². The zero-order valence-corrected chi connectivity index (χ0v) is 29.2. The Labute approximate surface area is 302 Å². The van der Waals surface area contributed by atoms with E-state index in [-0.39, 0.29) is 0 Å². The van der Waals surface area contributed by atoms with Gasteiger partial charge in [0.1, 0.15) is 11.5 Å². The number of aromatic nitrogens is 2. The van der Waals surface area contributed by atoms with Gasteiger partial charge in [-0.2, -0.15) is 0 Å². The Kier molecular flexibility index (Phi) is 7.75. The Morgan fingerprint density at radius 2 is 1.22 bits per heavy atom. The van der Waals surface area contributed by atoms with E-state index in [0.29, 0.717) is 0 Å². The number of nitrogens with zero attached hydrogens (tertiary/aromatic N) is 2. The fourth-order valence-electron chi connectivity index (χ4n) is 7.80. The fourth-order valence-corrected chi connectivity index (χ4v) is 8.99. The van der Waals surface area contributed by atoms with Gasteiger partial charge >= 0.3 is 0 Å². The van der Waals surface area contributed by atoms with Crippen LogP contribution in [0.25, 0.3) is 33.2 Å². The highest BCUT2D eigenvalue weighted by Gasteiger charge is 2.45. The molecule has 2 aromatic heterocycles. The monoisotopic (exact) mass is 674 g/mol. The topological polar surface area (TPSA) is 35.0 Å². The molecule has 0 radical (unpaired) electrons. The molecule has 0 saturated heterocycles. The molecule has 0 fully saturated rings. The molecule has 3 nitrogen and oxygen atoms in total. The van der Waals surface area contributed by atoms with Gasteiger partial charge in [0, 0.05) is 33.1 Å². The van der Waals surface area contributed by atoms with Crippen LogP contribution in [0.2, 0.25) is 0 Å². The molecule has 4 heteroatoms. The molecule has 0 N–H and O–H groups in total. The van der Waals surface area contributed by atoms with E-state index in [2.05, 4.69) is 159 Å². The normalized spacial score (nSPS) is 13.0. The van der Waals surface area contributed by atoms with Crippen LogP contribution in [-0.2, 0) is 5.41 Å². The first kappa shape index (κ1) is 31.0. The first-order chi connectivity index (χ1) is 25.1. The number of hydrogen-bond donors (Lipinski definition) is 0. The molecule has 8 aromatic rings. The maximum absolute atomic E-state index is 6.93. The summed E-state index contributed by atoms with van der Waals surface area (Å²) in [4.78, 5) is 12.4. The number of rotatable bonds is 6. The van der Waals surface area contributed by atoms with Gasteiger partial charge in [0.15, 0.2) is 0 Å². The van der Waals surface area contributed by atoms with Crippen molar-refractivity contribution in [2.45, 2.75) is 29.1 Å². The lowest BCUT2D eigenvalue weighted by Crippen LogP contribution is -2.34. The number of aryl methyl sites for hydroxylation is 2. The molecule has 0 bridgehead atoms. The van der Waals surface area contributed by atoms with Crippen LogP contribution >= 0.6 is 11.8 Å². The zero-order valence-electron chi connectivity index (χ0n) is 28.4. The van der Waals surface area contributed by atoms with E-state index >= 15 is 0 Å². The predicted octanol–water partition coefficient (Wildman–Crippen LogP) is 12.2. The van der Waals surface area contributed by atoms with Gasteiger partial charge in [0.2, 0.25) is 0 Å². The maximum atomic E-state index is 6.93. The highest BCUT2D eigenvalue weighted by Crippen LogP contribution is 2.55. The second-order valence-electron chi connectivity index (χ2n) is 13.1. The van der Waals surface area contributed by atoms with Crippen LogP contribution in [-0.4, -0.2) is 9.97 Å². The summed E-state index contributed by atoms with van der Waals surface area (Å²) >= 11 is 1.82.